The van der Waals surface area contributed by atoms with Gasteiger partial charge in [0.05, 0.1) is 24.7 Å². The van der Waals surface area contributed by atoms with Crippen molar-refractivity contribution in [2.75, 3.05) is 44.9 Å². The molecule has 11 heteroatoms. The average Bonchev–Trinajstić information content (AvgIpc) is 3.01. The van der Waals surface area contributed by atoms with Crippen molar-refractivity contribution in [3.05, 3.63) is 76.9 Å². The van der Waals surface area contributed by atoms with E-state index in [1.807, 2.05) is 36.4 Å². The molecule has 1 atom stereocenters. The number of hydrogen-bond acceptors (Lipinski definition) is 7. The summed E-state index contributed by atoms with van der Waals surface area (Å²) < 4.78 is 48.0. The molecule has 226 valence electrons. The highest BCUT2D eigenvalue weighted by Gasteiger charge is 2.39. The molecule has 0 spiro atoms. The van der Waals surface area contributed by atoms with Crippen molar-refractivity contribution in [2.45, 2.75) is 43.5 Å². The van der Waals surface area contributed by atoms with E-state index in [1.165, 1.54) is 18.3 Å². The molecule has 43 heavy (non-hydrogen) atoms. The van der Waals surface area contributed by atoms with Gasteiger partial charge in [0.15, 0.2) is 18.1 Å². The molecule has 0 fully saturated rings. The molecular formula is C32H35N3O7S. The van der Waals surface area contributed by atoms with Gasteiger partial charge in [-0.05, 0) is 90.4 Å². The van der Waals surface area contributed by atoms with Gasteiger partial charge >= 0.3 is 0 Å². The molecule has 4 heterocycles. The second-order valence-corrected chi connectivity index (χ2v) is 12.8. The molecule has 0 saturated carbocycles. The summed E-state index contributed by atoms with van der Waals surface area (Å²) in [4.78, 5) is 26.5. The summed E-state index contributed by atoms with van der Waals surface area (Å²) in [7, 11) is -2.46. The summed E-state index contributed by atoms with van der Waals surface area (Å²) in [5.74, 6) is 1.15. The van der Waals surface area contributed by atoms with Crippen molar-refractivity contribution in [2.24, 2.45) is 0 Å². The van der Waals surface area contributed by atoms with E-state index < -0.39 is 16.1 Å². The van der Waals surface area contributed by atoms with Gasteiger partial charge in [-0.2, -0.15) is 4.31 Å². The molecule has 7 rings (SSSR count). The number of carbonyl (C=O) groups is 2. The van der Waals surface area contributed by atoms with Crippen LogP contribution in [-0.2, 0) is 32.5 Å². The lowest BCUT2D eigenvalue weighted by molar-refractivity contribution is -0.123. The van der Waals surface area contributed by atoms with Gasteiger partial charge in [0, 0.05) is 32.2 Å². The number of rotatable bonds is 3. The van der Waals surface area contributed by atoms with E-state index >= 15 is 0 Å². The van der Waals surface area contributed by atoms with Crippen molar-refractivity contribution >= 4 is 27.5 Å². The summed E-state index contributed by atoms with van der Waals surface area (Å²) in [6, 6.07) is 15.5. The number of sulfonamides is 1. The molecule has 3 aromatic rings. The van der Waals surface area contributed by atoms with Gasteiger partial charge in [-0.25, -0.2) is 8.42 Å². The van der Waals surface area contributed by atoms with Crippen molar-refractivity contribution in [3.8, 4) is 17.2 Å². The molecule has 2 amide bonds. The molecule has 10 nitrogen and oxygen atoms in total. The molecule has 0 radical (unpaired) electrons. The average molecular weight is 606 g/mol. The number of nitrogens with zero attached hydrogens (tertiary/aromatic N) is 2. The molecular weight excluding hydrogens is 570 g/mol. The first-order valence-corrected chi connectivity index (χ1v) is 16.0. The van der Waals surface area contributed by atoms with Crippen LogP contribution in [0.3, 0.4) is 0 Å². The van der Waals surface area contributed by atoms with Crippen LogP contribution in [-0.4, -0.2) is 64.5 Å². The van der Waals surface area contributed by atoms with Crippen molar-refractivity contribution in [3.63, 3.8) is 0 Å². The Morgan fingerprint density at radius 1 is 1.00 bits per heavy atom. The number of methoxy groups -OCH3 is 1. The second-order valence-electron chi connectivity index (χ2n) is 10.9. The summed E-state index contributed by atoms with van der Waals surface area (Å²) in [6.45, 7) is 3.03. The number of carbonyl (C=O) groups excluding carboxylic acids is 2. The summed E-state index contributed by atoms with van der Waals surface area (Å²) in [6.07, 6.45) is 2.51. The van der Waals surface area contributed by atoms with Gasteiger partial charge in [-0.15, -0.1) is 0 Å². The third-order valence-corrected chi connectivity index (χ3v) is 10.1. The Morgan fingerprint density at radius 3 is 2.67 bits per heavy atom. The van der Waals surface area contributed by atoms with Gasteiger partial charge in [-0.3, -0.25) is 9.59 Å². The topological polar surface area (TPSA) is 114 Å². The minimum Gasteiger partial charge on any atom is -0.494 e. The molecule has 4 aliphatic rings. The zero-order valence-corrected chi connectivity index (χ0v) is 25.1. The van der Waals surface area contributed by atoms with Crippen LogP contribution in [0, 0.1) is 0 Å². The van der Waals surface area contributed by atoms with Gasteiger partial charge < -0.3 is 24.4 Å². The maximum atomic E-state index is 14.5. The number of aryl methyl sites for hydroxylation is 1. The highest BCUT2D eigenvalue weighted by molar-refractivity contribution is 7.89. The maximum absolute atomic E-state index is 14.5. The quantitative estimate of drug-likeness (QED) is 0.485. The molecule has 1 N–H and O–H groups in total. The normalized spacial score (nSPS) is 19.1. The van der Waals surface area contributed by atoms with Crippen molar-refractivity contribution in [1.82, 2.24) is 9.62 Å². The molecule has 3 aromatic carbocycles. The van der Waals surface area contributed by atoms with Crippen LogP contribution in [0.15, 0.2) is 59.5 Å². The first-order chi connectivity index (χ1) is 20.8. The van der Waals surface area contributed by atoms with Gasteiger partial charge in [0.25, 0.3) is 5.91 Å². The van der Waals surface area contributed by atoms with E-state index in [4.69, 9.17) is 14.2 Å². The van der Waals surface area contributed by atoms with Crippen molar-refractivity contribution in [1.29, 1.82) is 0 Å². The summed E-state index contributed by atoms with van der Waals surface area (Å²) in [5.41, 5.74) is 4.06. The Bertz CT molecular complexity index is 1670. The Kier molecular flexibility index (Phi) is 8.02. The Morgan fingerprint density at radius 2 is 1.86 bits per heavy atom. The minimum atomic E-state index is -3.98. The highest BCUT2D eigenvalue weighted by atomic mass is 32.2. The van der Waals surface area contributed by atoms with Gasteiger partial charge in [-0.1, -0.05) is 12.1 Å². The Balaban J connectivity index is 1.47. The zero-order valence-electron chi connectivity index (χ0n) is 24.3. The van der Waals surface area contributed by atoms with Crippen LogP contribution in [0.5, 0.6) is 17.2 Å². The molecule has 0 aliphatic carbocycles. The van der Waals surface area contributed by atoms with Gasteiger partial charge in [0.1, 0.15) is 5.75 Å². The number of ether oxygens (including phenoxy) is 3. The van der Waals surface area contributed by atoms with E-state index in [-0.39, 0.29) is 29.9 Å². The van der Waals surface area contributed by atoms with Gasteiger partial charge in [0.2, 0.25) is 15.9 Å². The van der Waals surface area contributed by atoms with E-state index in [2.05, 4.69) is 5.32 Å². The number of hydrogen-bond donors (Lipinski definition) is 1. The van der Waals surface area contributed by atoms with Crippen LogP contribution < -0.4 is 24.4 Å². The Hall–Kier alpha value is -4.09. The zero-order chi connectivity index (χ0) is 30.1. The fourth-order valence-corrected chi connectivity index (χ4v) is 7.78. The first kappa shape index (κ1) is 29.0. The standard InChI is InChI=1S/C32H35N3O7S/c1-21(36)34-13-4-7-23-17-26(9-10-28(23)34)43(38,39)35-14-11-22-18-30-29(40-2)19-27(22)32(35)24-6-3-8-25(16-24)41-15-5-12-33-31(37)20-42-30/h3,6,8-10,16-19,32H,4-5,7,11-15,20H2,1-2H3,(H,33,37). The smallest absolute Gasteiger partial charge is 0.257 e. The SMILES string of the molecule is COc1cc2c3cc1OCC(=O)NCCCOc1cccc(c1)C2N(S(=O)(=O)c1ccc2c(c1)CCCN2C(C)=O)CC3. The second kappa shape index (κ2) is 11.9. The fourth-order valence-electron chi connectivity index (χ4n) is 6.14. The van der Waals surface area contributed by atoms with Crippen LogP contribution in [0.2, 0.25) is 0 Å². The number of benzene rings is 3. The van der Waals surface area contributed by atoms with E-state index in [1.54, 1.807) is 23.1 Å². The third kappa shape index (κ3) is 5.66. The number of fused-ring (bicyclic) bond motifs is 9. The lowest BCUT2D eigenvalue weighted by atomic mass is 9.89. The number of anilines is 1. The summed E-state index contributed by atoms with van der Waals surface area (Å²) >= 11 is 0. The van der Waals surface area contributed by atoms with E-state index in [0.717, 1.165) is 34.4 Å². The molecule has 0 saturated heterocycles. The van der Waals surface area contributed by atoms with Crippen LogP contribution in [0.4, 0.5) is 5.69 Å². The number of amides is 2. The third-order valence-electron chi connectivity index (χ3n) is 8.21. The monoisotopic (exact) mass is 605 g/mol. The number of nitrogens with one attached hydrogen (secondary N) is 1. The van der Waals surface area contributed by atoms with Crippen LogP contribution >= 0.6 is 0 Å². The minimum absolute atomic E-state index is 0.0599. The maximum Gasteiger partial charge on any atom is 0.257 e. The lowest BCUT2D eigenvalue weighted by Crippen LogP contribution is -2.41. The first-order valence-electron chi connectivity index (χ1n) is 14.5. The molecule has 6 bridgehead atoms. The molecule has 4 aliphatic heterocycles. The van der Waals surface area contributed by atoms with Crippen LogP contribution in [0.1, 0.15) is 48.1 Å². The highest BCUT2D eigenvalue weighted by Crippen LogP contribution is 2.44. The Labute approximate surface area is 251 Å². The fraction of sp³-hybridized carbons (Fsp3) is 0.375. The van der Waals surface area contributed by atoms with E-state index in [0.29, 0.717) is 56.2 Å². The summed E-state index contributed by atoms with van der Waals surface area (Å²) in [5, 5.41) is 2.83. The predicted molar refractivity (Wildman–Crippen MR) is 160 cm³/mol. The molecule has 0 aromatic heterocycles. The largest absolute Gasteiger partial charge is 0.494 e. The van der Waals surface area contributed by atoms with E-state index in [9.17, 15) is 18.0 Å². The lowest BCUT2D eigenvalue weighted by Gasteiger charge is -2.37. The molecule has 1 unspecified atom stereocenters. The van der Waals surface area contributed by atoms with Crippen molar-refractivity contribution < 1.29 is 32.2 Å². The van der Waals surface area contributed by atoms with Crippen LogP contribution in [0.25, 0.3) is 0 Å². The predicted octanol–water partition coefficient (Wildman–Crippen LogP) is 3.61.